The van der Waals surface area contributed by atoms with Crippen LogP contribution in [0.15, 0.2) is 102 Å². The van der Waals surface area contributed by atoms with Crippen molar-refractivity contribution in [3.8, 4) is 0 Å². The van der Waals surface area contributed by atoms with Crippen LogP contribution in [0, 0.1) is 13.8 Å². The van der Waals surface area contributed by atoms with Crippen molar-refractivity contribution in [2.45, 2.75) is 64.1 Å². The van der Waals surface area contributed by atoms with Crippen LogP contribution in [0.1, 0.15) is 42.5 Å². The van der Waals surface area contributed by atoms with E-state index in [4.69, 9.17) is 23.2 Å². The molecule has 0 aromatic heterocycles. The number of sulfonamides is 1. The number of hydrogen-bond donors (Lipinski definition) is 1. The van der Waals surface area contributed by atoms with E-state index in [0.717, 1.165) is 26.6 Å². The fourth-order valence-corrected chi connectivity index (χ4v) is 6.59. The summed E-state index contributed by atoms with van der Waals surface area (Å²) in [5, 5.41) is 3.93. The molecule has 46 heavy (non-hydrogen) atoms. The lowest BCUT2D eigenvalue weighted by Crippen LogP contribution is -2.54. The molecule has 4 aromatic rings. The van der Waals surface area contributed by atoms with E-state index < -0.39 is 28.5 Å². The lowest BCUT2D eigenvalue weighted by molar-refractivity contribution is -0.140. The van der Waals surface area contributed by atoms with Gasteiger partial charge in [0.1, 0.15) is 12.6 Å². The van der Waals surface area contributed by atoms with E-state index in [2.05, 4.69) is 5.32 Å². The Bertz CT molecular complexity index is 1750. The minimum Gasteiger partial charge on any atom is -0.352 e. The van der Waals surface area contributed by atoms with Crippen LogP contribution in [0.2, 0.25) is 10.0 Å². The normalized spacial score (nSPS) is 12.7. The summed E-state index contributed by atoms with van der Waals surface area (Å²) in [6.45, 7) is 7.03. The second-order valence-electron chi connectivity index (χ2n) is 11.4. The average molecular weight is 681 g/mol. The van der Waals surface area contributed by atoms with Gasteiger partial charge in [-0.3, -0.25) is 13.9 Å². The summed E-state index contributed by atoms with van der Waals surface area (Å²) >= 11 is 12.6. The van der Waals surface area contributed by atoms with Gasteiger partial charge in [-0.2, -0.15) is 0 Å². The van der Waals surface area contributed by atoms with Crippen LogP contribution in [0.25, 0.3) is 0 Å². The Morgan fingerprint density at radius 2 is 1.50 bits per heavy atom. The molecule has 2 atom stereocenters. The lowest BCUT2D eigenvalue weighted by Gasteiger charge is -2.34. The first-order valence-corrected chi connectivity index (χ1v) is 17.3. The van der Waals surface area contributed by atoms with Crippen molar-refractivity contribution in [1.29, 1.82) is 0 Å². The summed E-state index contributed by atoms with van der Waals surface area (Å²) in [5.41, 5.74) is 3.48. The molecule has 0 aliphatic rings. The molecule has 242 valence electrons. The van der Waals surface area contributed by atoms with Gasteiger partial charge in [0.2, 0.25) is 11.8 Å². The summed E-state index contributed by atoms with van der Waals surface area (Å²) in [6, 6.07) is 26.7. The largest absolute Gasteiger partial charge is 0.352 e. The molecule has 2 unspecified atom stereocenters. The Morgan fingerprint density at radius 3 is 2.11 bits per heavy atom. The molecule has 4 aromatic carbocycles. The van der Waals surface area contributed by atoms with Gasteiger partial charge < -0.3 is 10.2 Å². The topological polar surface area (TPSA) is 86.8 Å². The van der Waals surface area contributed by atoms with Crippen molar-refractivity contribution >= 4 is 50.7 Å². The van der Waals surface area contributed by atoms with Gasteiger partial charge in [0.25, 0.3) is 10.0 Å². The minimum atomic E-state index is -4.23. The first-order chi connectivity index (χ1) is 21.9. The number of amides is 2. The number of hydrogen-bond acceptors (Lipinski definition) is 4. The SMILES string of the molecule is CCC(C)NC(=O)C(Cc1ccccc1)N(Cc1ccc(Cl)cc1)C(=O)CN(c1ccc(C)c(Cl)c1)S(=O)(=O)c1ccc(C)cc1. The molecular formula is C36H39Cl2N3O4S. The molecule has 0 aliphatic carbocycles. The quantitative estimate of drug-likeness (QED) is 0.160. The maximum Gasteiger partial charge on any atom is 0.264 e. The van der Waals surface area contributed by atoms with Gasteiger partial charge in [-0.25, -0.2) is 8.42 Å². The highest BCUT2D eigenvalue weighted by Crippen LogP contribution is 2.29. The fourth-order valence-electron chi connectivity index (χ4n) is 4.88. The highest BCUT2D eigenvalue weighted by Gasteiger charge is 2.35. The fraction of sp³-hybridized carbons (Fsp3) is 0.278. The van der Waals surface area contributed by atoms with Crippen molar-refractivity contribution in [1.82, 2.24) is 10.2 Å². The third-order valence-corrected chi connectivity index (χ3v) is 10.3. The molecular weight excluding hydrogens is 641 g/mol. The average Bonchev–Trinajstić information content (AvgIpc) is 3.04. The first-order valence-electron chi connectivity index (χ1n) is 15.1. The molecule has 0 heterocycles. The van der Waals surface area contributed by atoms with Crippen LogP contribution in [-0.2, 0) is 32.6 Å². The van der Waals surface area contributed by atoms with E-state index in [1.165, 1.54) is 23.1 Å². The zero-order valence-corrected chi connectivity index (χ0v) is 28.7. The Balaban J connectivity index is 1.82. The summed E-state index contributed by atoms with van der Waals surface area (Å²) in [5.74, 6) is -0.880. The summed E-state index contributed by atoms with van der Waals surface area (Å²) in [6.07, 6.45) is 0.926. The number of anilines is 1. The molecule has 0 fully saturated rings. The van der Waals surface area contributed by atoms with E-state index in [1.807, 2.05) is 58.0 Å². The van der Waals surface area contributed by atoms with Crippen molar-refractivity contribution in [2.24, 2.45) is 0 Å². The predicted octanol–water partition coefficient (Wildman–Crippen LogP) is 7.36. The first kappa shape index (κ1) is 35.0. The van der Waals surface area contributed by atoms with Crippen molar-refractivity contribution in [2.75, 3.05) is 10.8 Å². The molecule has 0 spiro atoms. The van der Waals surface area contributed by atoms with E-state index >= 15 is 0 Å². The van der Waals surface area contributed by atoms with Crippen LogP contribution in [0.3, 0.4) is 0 Å². The standard InChI is InChI=1S/C36H39Cl2N3O4S/c1-5-27(4)39-36(43)34(21-28-9-7-6-8-10-28)40(23-29-14-16-30(37)17-15-29)35(42)24-41(31-18-13-26(3)33(38)22-31)46(44,45)32-19-11-25(2)12-20-32/h6-20,22,27,34H,5,21,23-24H2,1-4H3,(H,39,43). The van der Waals surface area contributed by atoms with E-state index in [1.54, 1.807) is 48.5 Å². The number of nitrogens with zero attached hydrogens (tertiary/aromatic N) is 2. The van der Waals surface area contributed by atoms with E-state index in [9.17, 15) is 18.0 Å². The maximum atomic E-state index is 14.6. The number of carbonyl (C=O) groups is 2. The molecule has 1 N–H and O–H groups in total. The van der Waals surface area contributed by atoms with Crippen LogP contribution < -0.4 is 9.62 Å². The monoisotopic (exact) mass is 679 g/mol. The number of halogens is 2. The number of nitrogens with one attached hydrogen (secondary N) is 1. The molecule has 7 nitrogen and oxygen atoms in total. The lowest BCUT2D eigenvalue weighted by atomic mass is 10.0. The summed E-state index contributed by atoms with van der Waals surface area (Å²) in [7, 11) is -4.23. The zero-order chi connectivity index (χ0) is 33.4. The van der Waals surface area contributed by atoms with Crippen molar-refractivity contribution < 1.29 is 18.0 Å². The zero-order valence-electron chi connectivity index (χ0n) is 26.4. The Morgan fingerprint density at radius 1 is 0.848 bits per heavy atom. The van der Waals surface area contributed by atoms with E-state index in [0.29, 0.717) is 16.5 Å². The third kappa shape index (κ3) is 8.90. The molecule has 4 rings (SSSR count). The van der Waals surface area contributed by atoms with Crippen molar-refractivity contribution in [3.63, 3.8) is 0 Å². The number of aryl methyl sites for hydroxylation is 2. The third-order valence-electron chi connectivity index (χ3n) is 7.87. The van der Waals surface area contributed by atoms with Gasteiger partial charge in [0.15, 0.2) is 0 Å². The maximum absolute atomic E-state index is 14.6. The predicted molar refractivity (Wildman–Crippen MR) is 186 cm³/mol. The number of rotatable bonds is 13. The minimum absolute atomic E-state index is 0.0298. The summed E-state index contributed by atoms with van der Waals surface area (Å²) in [4.78, 5) is 30.0. The molecule has 0 saturated heterocycles. The Labute approximate surface area is 282 Å². The van der Waals surface area contributed by atoms with Crippen molar-refractivity contribution in [3.05, 3.63) is 129 Å². The number of carbonyl (C=O) groups excluding carboxylic acids is 2. The van der Waals surface area contributed by atoms with Gasteiger partial charge in [-0.1, -0.05) is 96.4 Å². The molecule has 2 amide bonds. The van der Waals surface area contributed by atoms with Crippen LogP contribution in [0.5, 0.6) is 0 Å². The highest BCUT2D eigenvalue weighted by molar-refractivity contribution is 7.92. The van der Waals surface area contributed by atoms with E-state index in [-0.39, 0.29) is 35.5 Å². The second kappa shape index (κ2) is 15.6. The van der Waals surface area contributed by atoms with Gasteiger partial charge >= 0.3 is 0 Å². The van der Waals surface area contributed by atoms with Gasteiger partial charge in [-0.05, 0) is 80.3 Å². The van der Waals surface area contributed by atoms with Gasteiger partial charge in [0.05, 0.1) is 10.6 Å². The van der Waals surface area contributed by atoms with Crippen LogP contribution in [-0.4, -0.2) is 43.8 Å². The molecule has 0 aliphatic heterocycles. The Hall–Kier alpha value is -3.85. The molecule has 0 saturated carbocycles. The van der Waals surface area contributed by atoms with Gasteiger partial charge in [0, 0.05) is 29.1 Å². The second-order valence-corrected chi connectivity index (χ2v) is 14.1. The highest BCUT2D eigenvalue weighted by atomic mass is 35.5. The van der Waals surface area contributed by atoms with Crippen LogP contribution >= 0.6 is 23.2 Å². The Kier molecular flexibility index (Phi) is 11.9. The van der Waals surface area contributed by atoms with Crippen LogP contribution in [0.4, 0.5) is 5.69 Å². The number of benzene rings is 4. The molecule has 10 heteroatoms. The summed E-state index contributed by atoms with van der Waals surface area (Å²) < 4.78 is 29.4. The van der Waals surface area contributed by atoms with Gasteiger partial charge in [-0.15, -0.1) is 0 Å². The smallest absolute Gasteiger partial charge is 0.264 e. The molecule has 0 radical (unpaired) electrons. The molecule has 0 bridgehead atoms.